The Kier molecular flexibility index (Phi) is 19.1. The van der Waals surface area contributed by atoms with Gasteiger partial charge in [-0.2, -0.15) is 0 Å². The molecule has 0 spiro atoms. The molecule has 0 aromatic rings. The Hall–Kier alpha value is -4.58. The quantitative estimate of drug-likeness (QED) is 0.0188. The standard InChI is InChI=1S/C30H52N10O8/c1-4-9-24(43)34-13-6-5-11-21(38-26(45)22(37-25(44)18(2)31)12-7-14-35-30(32)33)27(46)39-23(17-42)28(47)36-19(3)29(48)40-15-8-10-20(40)16-41/h4,9,16,18-23,42H,5-8,10-15,17,31H2,1-3H3,(H,34,43)(H,36,47)(H,37,44)(H,38,45)(H,39,46)(H4,32,33,35)/b9-4+/t18-,19-,20-,21-,22-,23-/m0/s1. The van der Waals surface area contributed by atoms with Crippen molar-refractivity contribution in [2.75, 3.05) is 26.2 Å². The molecule has 270 valence electrons. The number of allylic oxidation sites excluding steroid dienone is 1. The number of aliphatic imine (C=N–C) groups is 1. The van der Waals surface area contributed by atoms with Gasteiger partial charge in [-0.3, -0.25) is 33.8 Å². The van der Waals surface area contributed by atoms with E-state index in [1.807, 2.05) is 0 Å². The summed E-state index contributed by atoms with van der Waals surface area (Å²) in [6.07, 6.45) is 6.04. The maximum absolute atomic E-state index is 13.4. The van der Waals surface area contributed by atoms with E-state index < -0.39 is 72.4 Å². The molecule has 48 heavy (non-hydrogen) atoms. The second-order valence-electron chi connectivity index (χ2n) is 11.5. The number of likely N-dealkylation sites (tertiary alicyclic amines) is 1. The summed E-state index contributed by atoms with van der Waals surface area (Å²) in [5.41, 5.74) is 16.4. The molecule has 1 aliphatic rings. The van der Waals surface area contributed by atoms with Gasteiger partial charge in [0.1, 0.15) is 30.5 Å². The second-order valence-corrected chi connectivity index (χ2v) is 11.5. The van der Waals surface area contributed by atoms with Gasteiger partial charge in [0.25, 0.3) is 0 Å². The van der Waals surface area contributed by atoms with Gasteiger partial charge in [-0.1, -0.05) is 6.08 Å². The smallest absolute Gasteiger partial charge is 0.245 e. The van der Waals surface area contributed by atoms with Crippen LogP contribution < -0.4 is 43.8 Å². The molecule has 0 bridgehead atoms. The first-order valence-corrected chi connectivity index (χ1v) is 16.0. The summed E-state index contributed by atoms with van der Waals surface area (Å²) in [7, 11) is 0. The fourth-order valence-corrected chi connectivity index (χ4v) is 4.81. The van der Waals surface area contributed by atoms with Crippen LogP contribution in [-0.2, 0) is 33.6 Å². The van der Waals surface area contributed by atoms with E-state index in [2.05, 4.69) is 31.6 Å². The van der Waals surface area contributed by atoms with Crippen LogP contribution in [-0.4, -0.2) is 120 Å². The van der Waals surface area contributed by atoms with Crippen molar-refractivity contribution in [1.29, 1.82) is 0 Å². The minimum atomic E-state index is -1.49. The fraction of sp³-hybridized carbons (Fsp3) is 0.667. The number of nitrogens with zero attached hydrogens (tertiary/aromatic N) is 2. The van der Waals surface area contributed by atoms with Gasteiger partial charge in [-0.15, -0.1) is 0 Å². The van der Waals surface area contributed by atoms with Crippen LogP contribution in [0, 0.1) is 0 Å². The van der Waals surface area contributed by atoms with Crippen molar-refractivity contribution in [2.45, 2.75) is 102 Å². The predicted molar refractivity (Wildman–Crippen MR) is 177 cm³/mol. The minimum absolute atomic E-state index is 0.0652. The summed E-state index contributed by atoms with van der Waals surface area (Å²) >= 11 is 0. The van der Waals surface area contributed by atoms with E-state index >= 15 is 0 Å². The lowest BCUT2D eigenvalue weighted by molar-refractivity contribution is -0.139. The highest BCUT2D eigenvalue weighted by atomic mass is 16.3. The highest BCUT2D eigenvalue weighted by Crippen LogP contribution is 2.16. The van der Waals surface area contributed by atoms with E-state index in [0.29, 0.717) is 51.5 Å². The van der Waals surface area contributed by atoms with Gasteiger partial charge in [-0.05, 0) is 71.8 Å². The Morgan fingerprint density at radius 2 is 1.48 bits per heavy atom. The number of carbonyl (C=O) groups excluding carboxylic acids is 7. The Morgan fingerprint density at radius 1 is 0.896 bits per heavy atom. The number of nitrogens with two attached hydrogens (primary N) is 3. The number of rotatable bonds is 21. The van der Waals surface area contributed by atoms with E-state index in [9.17, 15) is 38.7 Å². The summed E-state index contributed by atoms with van der Waals surface area (Å²) in [5, 5.41) is 22.7. The van der Waals surface area contributed by atoms with Crippen molar-refractivity contribution in [1.82, 2.24) is 31.5 Å². The number of aliphatic hydroxyl groups excluding tert-OH is 1. The number of nitrogens with one attached hydrogen (secondary N) is 5. The van der Waals surface area contributed by atoms with Crippen LogP contribution in [0.5, 0.6) is 0 Å². The number of amides is 6. The summed E-state index contributed by atoms with van der Waals surface area (Å²) in [6.45, 7) is 4.57. The number of hydrogen-bond acceptors (Lipinski definition) is 10. The first-order chi connectivity index (χ1) is 22.7. The average molecular weight is 681 g/mol. The Morgan fingerprint density at radius 3 is 2.04 bits per heavy atom. The monoisotopic (exact) mass is 680 g/mol. The highest BCUT2D eigenvalue weighted by molar-refractivity contribution is 5.96. The van der Waals surface area contributed by atoms with Crippen molar-refractivity contribution in [3.05, 3.63) is 12.2 Å². The molecule has 6 amide bonds. The SMILES string of the molecule is C/C=C/C(=O)NCCCC[C@H](NC(=O)[C@H](CCCN=C(N)N)NC(=O)[C@H](C)N)C(=O)N[C@@H](CO)C(=O)N[C@@H](C)C(=O)N1CCC[C@H]1C=O. The molecule has 1 saturated heterocycles. The minimum Gasteiger partial charge on any atom is -0.394 e. The maximum Gasteiger partial charge on any atom is 0.245 e. The molecule has 1 heterocycles. The van der Waals surface area contributed by atoms with Gasteiger partial charge >= 0.3 is 0 Å². The van der Waals surface area contributed by atoms with Gasteiger partial charge in [0.05, 0.1) is 18.7 Å². The van der Waals surface area contributed by atoms with Crippen LogP contribution in [0.3, 0.4) is 0 Å². The van der Waals surface area contributed by atoms with E-state index in [0.717, 1.165) is 0 Å². The van der Waals surface area contributed by atoms with Crippen LogP contribution in [0.25, 0.3) is 0 Å². The molecule has 18 heteroatoms. The van der Waals surface area contributed by atoms with Gasteiger partial charge in [0, 0.05) is 19.6 Å². The lowest BCUT2D eigenvalue weighted by Gasteiger charge is -2.27. The number of aldehydes is 1. The van der Waals surface area contributed by atoms with Gasteiger partial charge in [0.2, 0.25) is 35.4 Å². The third kappa shape index (κ3) is 14.9. The molecule has 1 rings (SSSR count). The van der Waals surface area contributed by atoms with Gasteiger partial charge < -0.3 is 58.6 Å². The van der Waals surface area contributed by atoms with E-state index in [-0.39, 0.29) is 31.3 Å². The zero-order valence-corrected chi connectivity index (χ0v) is 27.9. The van der Waals surface area contributed by atoms with E-state index in [1.54, 1.807) is 13.0 Å². The summed E-state index contributed by atoms with van der Waals surface area (Å²) in [6, 6.07) is -6.39. The van der Waals surface area contributed by atoms with Crippen LogP contribution in [0.2, 0.25) is 0 Å². The number of unbranched alkanes of at least 4 members (excludes halogenated alkanes) is 1. The Bertz CT molecular complexity index is 1170. The van der Waals surface area contributed by atoms with Crippen molar-refractivity contribution >= 4 is 47.7 Å². The molecule has 1 aliphatic heterocycles. The molecule has 0 aromatic carbocycles. The number of aliphatic hydroxyl groups is 1. The maximum atomic E-state index is 13.4. The van der Waals surface area contributed by atoms with Crippen molar-refractivity contribution in [2.24, 2.45) is 22.2 Å². The van der Waals surface area contributed by atoms with Crippen molar-refractivity contribution in [3.8, 4) is 0 Å². The second kappa shape index (κ2) is 22.1. The van der Waals surface area contributed by atoms with Crippen molar-refractivity contribution in [3.63, 3.8) is 0 Å². The molecular formula is C30H52N10O8. The normalized spacial score (nSPS) is 17.3. The number of guanidine groups is 1. The average Bonchev–Trinajstić information content (AvgIpc) is 3.52. The lowest BCUT2D eigenvalue weighted by Crippen LogP contribution is -2.59. The van der Waals surface area contributed by atoms with Crippen LogP contribution >= 0.6 is 0 Å². The zero-order chi connectivity index (χ0) is 36.2. The fourth-order valence-electron chi connectivity index (χ4n) is 4.81. The first-order valence-electron chi connectivity index (χ1n) is 16.0. The molecule has 6 atom stereocenters. The number of hydrogen-bond donors (Lipinski definition) is 9. The molecule has 1 fully saturated rings. The molecule has 12 N–H and O–H groups in total. The largest absolute Gasteiger partial charge is 0.394 e. The Labute approximate surface area is 280 Å². The third-order valence-electron chi connectivity index (χ3n) is 7.45. The molecule has 0 saturated carbocycles. The molecule has 0 aromatic heterocycles. The van der Waals surface area contributed by atoms with Crippen LogP contribution in [0.15, 0.2) is 17.1 Å². The van der Waals surface area contributed by atoms with Gasteiger partial charge in [0.15, 0.2) is 5.96 Å². The molecule has 0 radical (unpaired) electrons. The topological polar surface area (TPSA) is 294 Å². The molecule has 0 unspecified atom stereocenters. The predicted octanol–water partition coefficient (Wildman–Crippen LogP) is -3.61. The zero-order valence-electron chi connectivity index (χ0n) is 27.9. The highest BCUT2D eigenvalue weighted by Gasteiger charge is 2.34. The molecule has 0 aliphatic carbocycles. The van der Waals surface area contributed by atoms with E-state index in [4.69, 9.17) is 17.2 Å². The number of carbonyl (C=O) groups is 7. The third-order valence-corrected chi connectivity index (χ3v) is 7.45. The summed E-state index contributed by atoms with van der Waals surface area (Å²) in [4.78, 5) is 93.3. The summed E-state index contributed by atoms with van der Waals surface area (Å²) in [5.74, 6) is -3.90. The summed E-state index contributed by atoms with van der Waals surface area (Å²) < 4.78 is 0. The lowest BCUT2D eigenvalue weighted by atomic mass is 10.1. The van der Waals surface area contributed by atoms with Crippen LogP contribution in [0.4, 0.5) is 0 Å². The van der Waals surface area contributed by atoms with Crippen molar-refractivity contribution < 1.29 is 38.7 Å². The Balaban J connectivity index is 3.06. The van der Waals surface area contributed by atoms with Crippen LogP contribution in [0.1, 0.15) is 65.7 Å². The molecular weight excluding hydrogens is 628 g/mol. The molecule has 18 nitrogen and oxygen atoms in total. The van der Waals surface area contributed by atoms with Gasteiger partial charge in [-0.25, -0.2) is 0 Å². The first kappa shape index (κ1) is 41.4. The van der Waals surface area contributed by atoms with E-state index in [1.165, 1.54) is 24.8 Å².